The van der Waals surface area contributed by atoms with Gasteiger partial charge < -0.3 is 14.6 Å². The number of carbonyl (C=O) groups excluding carboxylic acids is 1. The van der Waals surface area contributed by atoms with Crippen LogP contribution < -0.4 is 0 Å². The Bertz CT molecular complexity index is 588. The minimum atomic E-state index is -0.335. The van der Waals surface area contributed by atoms with Crippen LogP contribution in [0.3, 0.4) is 0 Å². The maximum atomic E-state index is 13.2. The van der Waals surface area contributed by atoms with Gasteiger partial charge in [0.25, 0.3) is 5.91 Å². The number of nitrogens with one attached hydrogen (secondary N) is 1. The summed E-state index contributed by atoms with van der Waals surface area (Å²) in [6.07, 6.45) is 1.64. The first-order chi connectivity index (χ1) is 8.75. The minimum Gasteiger partial charge on any atom is -0.378 e. The standard InChI is InChI=1S/C13H13FN2O2/c14-9-1-2-12-10(7-9)11(8-15-12)13(17)16-3-5-18-6-4-16/h1-2,7-8,15H,3-6H2. The van der Waals surface area contributed by atoms with Crippen LogP contribution in [0.1, 0.15) is 10.4 Å². The molecule has 0 atom stereocenters. The lowest BCUT2D eigenvalue weighted by molar-refractivity contribution is 0.0304. The number of nitrogens with zero attached hydrogens (tertiary/aromatic N) is 1. The van der Waals surface area contributed by atoms with Crippen LogP contribution in [-0.4, -0.2) is 42.1 Å². The molecule has 1 N–H and O–H groups in total. The van der Waals surface area contributed by atoms with Crippen molar-refractivity contribution in [2.24, 2.45) is 0 Å². The van der Waals surface area contributed by atoms with Gasteiger partial charge in [-0.2, -0.15) is 0 Å². The summed E-state index contributed by atoms with van der Waals surface area (Å²) < 4.78 is 18.5. The molecule has 0 aliphatic carbocycles. The fourth-order valence-corrected chi connectivity index (χ4v) is 2.21. The molecule has 2 heterocycles. The van der Waals surface area contributed by atoms with Crippen molar-refractivity contribution >= 4 is 16.8 Å². The third-order valence-electron chi connectivity index (χ3n) is 3.17. The minimum absolute atomic E-state index is 0.0739. The van der Waals surface area contributed by atoms with Crippen LogP contribution in [0, 0.1) is 5.82 Å². The molecule has 0 bridgehead atoms. The zero-order valence-electron chi connectivity index (χ0n) is 9.78. The van der Waals surface area contributed by atoms with Crippen LogP contribution in [0.2, 0.25) is 0 Å². The molecule has 1 aliphatic heterocycles. The van der Waals surface area contributed by atoms with Gasteiger partial charge in [-0.3, -0.25) is 4.79 Å². The summed E-state index contributed by atoms with van der Waals surface area (Å²) in [6, 6.07) is 4.40. The van der Waals surface area contributed by atoms with Crippen molar-refractivity contribution in [3.63, 3.8) is 0 Å². The highest BCUT2D eigenvalue weighted by Gasteiger charge is 2.21. The van der Waals surface area contributed by atoms with Crippen molar-refractivity contribution in [1.29, 1.82) is 0 Å². The van der Waals surface area contributed by atoms with E-state index in [1.165, 1.54) is 12.1 Å². The topological polar surface area (TPSA) is 45.3 Å². The Morgan fingerprint density at radius 1 is 1.33 bits per heavy atom. The molecular weight excluding hydrogens is 235 g/mol. The Hall–Kier alpha value is -1.88. The second-order valence-electron chi connectivity index (χ2n) is 4.30. The van der Waals surface area contributed by atoms with Crippen LogP contribution in [0.25, 0.3) is 10.9 Å². The van der Waals surface area contributed by atoms with E-state index >= 15 is 0 Å². The van der Waals surface area contributed by atoms with Gasteiger partial charge >= 0.3 is 0 Å². The maximum Gasteiger partial charge on any atom is 0.256 e. The van der Waals surface area contributed by atoms with Gasteiger partial charge in [-0.05, 0) is 18.2 Å². The second kappa shape index (κ2) is 4.42. The molecule has 4 nitrogen and oxygen atoms in total. The SMILES string of the molecule is O=C(c1c[nH]c2ccc(F)cc12)N1CCOCC1. The lowest BCUT2D eigenvalue weighted by atomic mass is 10.1. The average molecular weight is 248 g/mol. The zero-order chi connectivity index (χ0) is 12.5. The number of hydrogen-bond acceptors (Lipinski definition) is 2. The third kappa shape index (κ3) is 1.86. The van der Waals surface area contributed by atoms with Crippen molar-refractivity contribution in [3.8, 4) is 0 Å². The number of rotatable bonds is 1. The number of ether oxygens (including phenoxy) is 1. The third-order valence-corrected chi connectivity index (χ3v) is 3.17. The van der Waals surface area contributed by atoms with E-state index in [9.17, 15) is 9.18 Å². The van der Waals surface area contributed by atoms with Crippen molar-refractivity contribution in [3.05, 3.63) is 35.8 Å². The Labute approximate surface area is 103 Å². The molecule has 1 aliphatic rings. The van der Waals surface area contributed by atoms with E-state index in [4.69, 9.17) is 4.74 Å². The molecule has 3 rings (SSSR count). The molecule has 1 aromatic heterocycles. The molecule has 0 spiro atoms. The first-order valence-corrected chi connectivity index (χ1v) is 5.89. The van der Waals surface area contributed by atoms with E-state index in [1.807, 2.05) is 0 Å². The van der Waals surface area contributed by atoms with Crippen molar-refractivity contribution < 1.29 is 13.9 Å². The zero-order valence-corrected chi connectivity index (χ0v) is 9.78. The first kappa shape index (κ1) is 11.2. The molecule has 1 saturated heterocycles. The summed E-state index contributed by atoms with van der Waals surface area (Å²) in [5.74, 6) is -0.409. The average Bonchev–Trinajstić information content (AvgIpc) is 2.82. The Balaban J connectivity index is 1.98. The lowest BCUT2D eigenvalue weighted by Crippen LogP contribution is -2.40. The van der Waals surface area contributed by atoms with Crippen LogP contribution in [0.15, 0.2) is 24.4 Å². The largest absolute Gasteiger partial charge is 0.378 e. The number of H-pyrrole nitrogens is 1. The molecule has 18 heavy (non-hydrogen) atoms. The number of hydrogen-bond donors (Lipinski definition) is 1. The number of benzene rings is 1. The Kier molecular flexibility index (Phi) is 2.76. The van der Waals surface area contributed by atoms with Crippen molar-refractivity contribution in [2.45, 2.75) is 0 Å². The van der Waals surface area contributed by atoms with Gasteiger partial charge in [-0.25, -0.2) is 4.39 Å². The molecule has 1 amide bonds. The highest BCUT2D eigenvalue weighted by molar-refractivity contribution is 6.06. The normalized spacial score (nSPS) is 16.2. The van der Waals surface area contributed by atoms with Gasteiger partial charge in [0.05, 0.1) is 18.8 Å². The second-order valence-corrected chi connectivity index (χ2v) is 4.30. The molecule has 1 fully saturated rings. The van der Waals surface area contributed by atoms with Crippen molar-refractivity contribution in [1.82, 2.24) is 9.88 Å². The lowest BCUT2D eigenvalue weighted by Gasteiger charge is -2.26. The highest BCUT2D eigenvalue weighted by atomic mass is 19.1. The van der Waals surface area contributed by atoms with Gasteiger partial charge in [0, 0.05) is 30.2 Å². The van der Waals surface area contributed by atoms with Gasteiger partial charge in [-0.1, -0.05) is 0 Å². The molecule has 0 saturated carbocycles. The van der Waals surface area contributed by atoms with E-state index < -0.39 is 0 Å². The fourth-order valence-electron chi connectivity index (χ4n) is 2.21. The molecule has 0 radical (unpaired) electrons. The first-order valence-electron chi connectivity index (χ1n) is 5.89. The maximum absolute atomic E-state index is 13.2. The van der Waals surface area contributed by atoms with Crippen LogP contribution in [-0.2, 0) is 4.74 Å². The molecule has 2 aromatic rings. The Morgan fingerprint density at radius 2 is 2.11 bits per heavy atom. The van der Waals surface area contributed by atoms with Gasteiger partial charge in [0.1, 0.15) is 5.82 Å². The van der Waals surface area contributed by atoms with Gasteiger partial charge in [-0.15, -0.1) is 0 Å². The number of halogens is 1. The smallest absolute Gasteiger partial charge is 0.256 e. The number of aromatic nitrogens is 1. The number of aromatic amines is 1. The Morgan fingerprint density at radius 3 is 2.89 bits per heavy atom. The van der Waals surface area contributed by atoms with Crippen LogP contribution in [0.4, 0.5) is 4.39 Å². The van der Waals surface area contributed by atoms with Crippen LogP contribution in [0.5, 0.6) is 0 Å². The number of amides is 1. The van der Waals surface area contributed by atoms with E-state index in [0.717, 1.165) is 5.52 Å². The van der Waals surface area contributed by atoms with E-state index in [0.29, 0.717) is 37.3 Å². The summed E-state index contributed by atoms with van der Waals surface area (Å²) in [5, 5.41) is 0.631. The van der Waals surface area contributed by atoms with E-state index in [-0.39, 0.29) is 11.7 Å². The molecule has 5 heteroatoms. The summed E-state index contributed by atoms with van der Waals surface area (Å²) >= 11 is 0. The van der Waals surface area contributed by atoms with Crippen LogP contribution >= 0.6 is 0 Å². The molecule has 94 valence electrons. The summed E-state index contributed by atoms with van der Waals surface area (Å²) in [6.45, 7) is 2.28. The summed E-state index contributed by atoms with van der Waals surface area (Å²) in [7, 11) is 0. The predicted molar refractivity (Wildman–Crippen MR) is 65.0 cm³/mol. The molecule has 0 unspecified atom stereocenters. The van der Waals surface area contributed by atoms with Gasteiger partial charge in [0.15, 0.2) is 0 Å². The number of fused-ring (bicyclic) bond motifs is 1. The highest BCUT2D eigenvalue weighted by Crippen LogP contribution is 2.21. The number of carbonyl (C=O) groups is 1. The summed E-state index contributed by atoms with van der Waals surface area (Å²) in [4.78, 5) is 17.0. The number of morpholine rings is 1. The van der Waals surface area contributed by atoms with Crippen molar-refractivity contribution in [2.75, 3.05) is 26.3 Å². The predicted octanol–water partition coefficient (Wildman–Crippen LogP) is 1.78. The quantitative estimate of drug-likeness (QED) is 0.836. The monoisotopic (exact) mass is 248 g/mol. The molecular formula is C13H13FN2O2. The van der Waals surface area contributed by atoms with E-state index in [2.05, 4.69) is 4.98 Å². The van der Waals surface area contributed by atoms with E-state index in [1.54, 1.807) is 17.2 Å². The fraction of sp³-hybridized carbons (Fsp3) is 0.308. The summed E-state index contributed by atoms with van der Waals surface area (Å²) in [5.41, 5.74) is 1.29. The van der Waals surface area contributed by atoms with Gasteiger partial charge in [0.2, 0.25) is 0 Å². The molecule has 1 aromatic carbocycles.